The maximum Gasteiger partial charge on any atom is 0.244 e. The molecule has 5 nitrogen and oxygen atoms in total. The molecule has 16 heavy (non-hydrogen) atoms. The van der Waals surface area contributed by atoms with Crippen molar-refractivity contribution in [3.63, 3.8) is 0 Å². The third-order valence-electron chi connectivity index (χ3n) is 3.14. The van der Waals surface area contributed by atoms with Gasteiger partial charge in [-0.25, -0.2) is 0 Å². The van der Waals surface area contributed by atoms with Gasteiger partial charge in [0.2, 0.25) is 11.8 Å². The minimum Gasteiger partial charge on any atom is -0.294 e. The maximum absolute atomic E-state index is 11.5. The van der Waals surface area contributed by atoms with E-state index in [1.165, 1.54) is 0 Å². The van der Waals surface area contributed by atoms with E-state index in [1.807, 2.05) is 19.1 Å². The number of nitrogens with zero attached hydrogens (tertiary/aromatic N) is 2. The van der Waals surface area contributed by atoms with Crippen LogP contribution in [0.25, 0.3) is 0 Å². The maximum atomic E-state index is 11.5. The van der Waals surface area contributed by atoms with E-state index >= 15 is 0 Å². The van der Waals surface area contributed by atoms with Crippen molar-refractivity contribution in [2.75, 3.05) is 0 Å². The number of hydrogen-bond donors (Lipinski definition) is 1. The average molecular weight is 219 g/mol. The van der Waals surface area contributed by atoms with Crippen LogP contribution in [0, 0.1) is 39.9 Å². The summed E-state index contributed by atoms with van der Waals surface area (Å²) in [4.78, 5) is 23.0. The molecule has 0 saturated carbocycles. The second-order valence-corrected chi connectivity index (χ2v) is 4.23. The molecule has 0 aromatic heterocycles. The van der Waals surface area contributed by atoms with Gasteiger partial charge in [0.15, 0.2) is 0 Å². The Morgan fingerprint density at radius 2 is 1.69 bits per heavy atom. The highest BCUT2D eigenvalue weighted by molar-refractivity contribution is 6.03. The molecule has 0 aliphatic carbocycles. The lowest BCUT2D eigenvalue weighted by Gasteiger charge is -2.39. The first-order valence-corrected chi connectivity index (χ1v) is 5.15. The van der Waals surface area contributed by atoms with Crippen molar-refractivity contribution in [3.8, 4) is 12.1 Å². The predicted molar refractivity (Wildman–Crippen MR) is 54.4 cm³/mol. The van der Waals surface area contributed by atoms with Gasteiger partial charge < -0.3 is 0 Å². The number of amides is 2. The number of carbonyl (C=O) groups excluding carboxylic acids is 2. The van der Waals surface area contributed by atoms with Gasteiger partial charge >= 0.3 is 0 Å². The molecule has 0 unspecified atom stereocenters. The lowest BCUT2D eigenvalue weighted by Crippen LogP contribution is -2.56. The topological polar surface area (TPSA) is 93.8 Å². The van der Waals surface area contributed by atoms with Crippen LogP contribution in [-0.2, 0) is 9.59 Å². The number of carbonyl (C=O) groups is 2. The van der Waals surface area contributed by atoms with Gasteiger partial charge in [-0.1, -0.05) is 20.3 Å². The van der Waals surface area contributed by atoms with Crippen molar-refractivity contribution in [1.82, 2.24) is 5.32 Å². The third-order valence-corrected chi connectivity index (χ3v) is 3.14. The molecule has 84 valence electrons. The number of imide groups is 1. The van der Waals surface area contributed by atoms with E-state index in [0.29, 0.717) is 12.8 Å². The van der Waals surface area contributed by atoms with Gasteiger partial charge in [-0.15, -0.1) is 0 Å². The zero-order valence-corrected chi connectivity index (χ0v) is 9.28. The molecule has 0 aromatic carbocycles. The Hall–Kier alpha value is -1.88. The van der Waals surface area contributed by atoms with E-state index in [-0.39, 0.29) is 0 Å². The lowest BCUT2D eigenvalue weighted by molar-refractivity contribution is -0.144. The molecule has 1 N–H and O–H groups in total. The van der Waals surface area contributed by atoms with Gasteiger partial charge in [-0.3, -0.25) is 14.9 Å². The molecule has 1 saturated heterocycles. The van der Waals surface area contributed by atoms with Gasteiger partial charge in [0.25, 0.3) is 0 Å². The summed E-state index contributed by atoms with van der Waals surface area (Å²) in [6, 6.07) is 3.80. The fraction of sp³-hybridized carbons (Fsp3) is 0.636. The molecule has 1 aliphatic rings. The second kappa shape index (κ2) is 4.32. The first-order valence-electron chi connectivity index (χ1n) is 5.15. The zero-order valence-electron chi connectivity index (χ0n) is 9.28. The normalized spacial score (nSPS) is 27.8. The summed E-state index contributed by atoms with van der Waals surface area (Å²) < 4.78 is 0. The van der Waals surface area contributed by atoms with Crippen LogP contribution in [-0.4, -0.2) is 11.8 Å². The Kier molecular flexibility index (Phi) is 3.29. The van der Waals surface area contributed by atoms with Gasteiger partial charge in [-0.05, 0) is 6.42 Å². The molecule has 0 bridgehead atoms. The van der Waals surface area contributed by atoms with E-state index in [9.17, 15) is 9.59 Å². The van der Waals surface area contributed by atoms with Crippen molar-refractivity contribution in [2.24, 2.45) is 17.3 Å². The number of piperidine rings is 1. The highest BCUT2D eigenvalue weighted by Gasteiger charge is 2.52. The van der Waals surface area contributed by atoms with Crippen LogP contribution in [0.15, 0.2) is 0 Å². The summed E-state index contributed by atoms with van der Waals surface area (Å²) in [6.45, 7) is 3.56. The molecule has 1 heterocycles. The van der Waals surface area contributed by atoms with E-state index in [2.05, 4.69) is 5.32 Å². The Morgan fingerprint density at radius 1 is 1.25 bits per heavy atom. The largest absolute Gasteiger partial charge is 0.294 e. The summed E-state index contributed by atoms with van der Waals surface area (Å²) in [5.74, 6) is -3.05. The summed E-state index contributed by atoms with van der Waals surface area (Å²) in [6.07, 6.45) is 1.22. The highest BCUT2D eigenvalue weighted by Crippen LogP contribution is 2.42. The van der Waals surface area contributed by atoms with Crippen LogP contribution in [0.1, 0.15) is 26.7 Å². The summed E-state index contributed by atoms with van der Waals surface area (Å²) in [5, 5.41) is 20.1. The molecule has 1 fully saturated rings. The van der Waals surface area contributed by atoms with E-state index in [1.54, 1.807) is 6.92 Å². The first-order chi connectivity index (χ1) is 7.51. The van der Waals surface area contributed by atoms with Crippen molar-refractivity contribution in [1.29, 1.82) is 10.5 Å². The molecule has 0 radical (unpaired) electrons. The summed E-state index contributed by atoms with van der Waals surface area (Å²) in [7, 11) is 0. The standard InChI is InChI=1S/C11H13N3O2/c1-3-4-11(2)7(5-12)9(15)14-10(16)8(11)6-13/h7-8H,3-4H2,1-2H3,(H,14,15,16)/t7-,8-/m1/s1. The minimum atomic E-state index is -0.935. The predicted octanol–water partition coefficient (Wildman–Crippen LogP) is 0.729. The number of hydrogen-bond acceptors (Lipinski definition) is 4. The highest BCUT2D eigenvalue weighted by atomic mass is 16.2. The number of nitriles is 2. The molecular formula is C11H13N3O2. The van der Waals surface area contributed by atoms with Crippen LogP contribution < -0.4 is 5.32 Å². The Balaban J connectivity index is 3.21. The Labute approximate surface area is 94.0 Å². The third kappa shape index (κ3) is 1.65. The SMILES string of the molecule is CCCC1(C)[C@H](C#N)C(=O)NC(=O)[C@H]1C#N. The Morgan fingerprint density at radius 3 is 2.00 bits per heavy atom. The van der Waals surface area contributed by atoms with Crippen molar-refractivity contribution >= 4 is 11.8 Å². The van der Waals surface area contributed by atoms with Crippen LogP contribution >= 0.6 is 0 Å². The van der Waals surface area contributed by atoms with E-state index in [4.69, 9.17) is 10.5 Å². The van der Waals surface area contributed by atoms with Gasteiger partial charge in [0.05, 0.1) is 12.1 Å². The van der Waals surface area contributed by atoms with Crippen LogP contribution in [0.4, 0.5) is 0 Å². The lowest BCUT2D eigenvalue weighted by atomic mass is 9.63. The van der Waals surface area contributed by atoms with Gasteiger partial charge in [0.1, 0.15) is 11.8 Å². The van der Waals surface area contributed by atoms with Crippen LogP contribution in [0.5, 0.6) is 0 Å². The molecule has 1 aliphatic heterocycles. The zero-order chi connectivity index (χ0) is 12.3. The first kappa shape index (κ1) is 12.2. The van der Waals surface area contributed by atoms with E-state index in [0.717, 1.165) is 0 Å². The molecule has 0 spiro atoms. The van der Waals surface area contributed by atoms with Crippen molar-refractivity contribution < 1.29 is 9.59 Å². The smallest absolute Gasteiger partial charge is 0.244 e. The Bertz CT molecular complexity index is 370. The molecular weight excluding hydrogens is 206 g/mol. The molecule has 2 amide bonds. The molecule has 2 atom stereocenters. The monoisotopic (exact) mass is 219 g/mol. The molecule has 0 aromatic rings. The van der Waals surface area contributed by atoms with Crippen molar-refractivity contribution in [2.45, 2.75) is 26.7 Å². The number of rotatable bonds is 2. The van der Waals surface area contributed by atoms with Crippen molar-refractivity contribution in [3.05, 3.63) is 0 Å². The minimum absolute atomic E-state index is 0.503. The van der Waals surface area contributed by atoms with Crippen LogP contribution in [0.3, 0.4) is 0 Å². The van der Waals surface area contributed by atoms with E-state index < -0.39 is 29.1 Å². The summed E-state index contributed by atoms with van der Waals surface area (Å²) in [5.41, 5.74) is -0.877. The molecule has 5 heteroatoms. The van der Waals surface area contributed by atoms with Gasteiger partial charge in [-0.2, -0.15) is 10.5 Å². The fourth-order valence-corrected chi connectivity index (χ4v) is 2.27. The quantitative estimate of drug-likeness (QED) is 0.692. The van der Waals surface area contributed by atoms with Crippen LogP contribution in [0.2, 0.25) is 0 Å². The molecule has 1 rings (SSSR count). The second-order valence-electron chi connectivity index (χ2n) is 4.23. The number of nitrogens with one attached hydrogen (secondary N) is 1. The summed E-state index contributed by atoms with van der Waals surface area (Å²) >= 11 is 0. The fourth-order valence-electron chi connectivity index (χ4n) is 2.27. The van der Waals surface area contributed by atoms with Gasteiger partial charge in [0, 0.05) is 5.41 Å². The average Bonchev–Trinajstić information content (AvgIpc) is 2.18.